The molecule has 0 aliphatic carbocycles. The van der Waals surface area contributed by atoms with Crippen LogP contribution >= 0.6 is 11.6 Å². The maximum Gasteiger partial charge on any atom is 0.344 e. The number of benzene rings is 4. The molecule has 5 rings (SSSR count). The number of nitrogens with zero attached hydrogens (tertiary/aromatic N) is 1. The van der Waals surface area contributed by atoms with Crippen molar-refractivity contribution in [2.45, 2.75) is 20.3 Å². The van der Waals surface area contributed by atoms with Crippen molar-refractivity contribution in [2.75, 3.05) is 0 Å². The number of fused-ring (bicyclic) bond motifs is 1. The molecule has 0 fully saturated rings. The number of pyridine rings is 1. The van der Waals surface area contributed by atoms with Gasteiger partial charge in [-0.2, -0.15) is 0 Å². The summed E-state index contributed by atoms with van der Waals surface area (Å²) in [6, 6.07) is 31.3. The summed E-state index contributed by atoms with van der Waals surface area (Å²) in [5.74, 6) is 0.0996. The van der Waals surface area contributed by atoms with Crippen molar-refractivity contribution in [1.29, 1.82) is 0 Å². The van der Waals surface area contributed by atoms with Gasteiger partial charge < -0.3 is 4.74 Å². The van der Waals surface area contributed by atoms with Gasteiger partial charge in [0.2, 0.25) is 0 Å². The Morgan fingerprint density at radius 3 is 2.23 bits per heavy atom. The highest BCUT2D eigenvalue weighted by molar-refractivity contribution is 6.30. The molecule has 5 aromatic rings. The number of carbonyl (C=O) groups is 1. The van der Waals surface area contributed by atoms with Crippen LogP contribution in [0.25, 0.3) is 22.2 Å². The number of rotatable bonds is 5. The van der Waals surface area contributed by atoms with Crippen LogP contribution in [0.1, 0.15) is 32.6 Å². The Balaban J connectivity index is 1.48. The normalized spacial score (nSPS) is 10.9. The summed E-state index contributed by atoms with van der Waals surface area (Å²) in [7, 11) is 0. The van der Waals surface area contributed by atoms with Crippen LogP contribution in [0.3, 0.4) is 0 Å². The first-order chi connectivity index (χ1) is 17.0. The lowest BCUT2D eigenvalue weighted by molar-refractivity contribution is 0.0737. The third-order valence-electron chi connectivity index (χ3n) is 5.99. The van der Waals surface area contributed by atoms with Gasteiger partial charge in [0.15, 0.2) is 0 Å². The number of halogens is 1. The molecule has 4 aromatic carbocycles. The molecule has 4 heteroatoms. The zero-order valence-corrected chi connectivity index (χ0v) is 20.3. The van der Waals surface area contributed by atoms with E-state index in [4.69, 9.17) is 21.3 Å². The molecule has 0 radical (unpaired) electrons. The SMILES string of the molecule is Cc1cc(C)c2nc(-c3ccc(Cl)cc3)cc(C(=O)Oc3ccc(Cc4ccccc4)cc3)c2c1. The van der Waals surface area contributed by atoms with Crippen LogP contribution in [0.15, 0.2) is 97.1 Å². The van der Waals surface area contributed by atoms with Crippen molar-refractivity contribution in [1.82, 2.24) is 4.98 Å². The van der Waals surface area contributed by atoms with Crippen molar-refractivity contribution < 1.29 is 9.53 Å². The van der Waals surface area contributed by atoms with Crippen molar-refractivity contribution >= 4 is 28.5 Å². The molecular formula is C31H24ClNO2. The number of hydrogen-bond acceptors (Lipinski definition) is 3. The van der Waals surface area contributed by atoms with E-state index in [1.165, 1.54) is 5.56 Å². The number of hydrogen-bond donors (Lipinski definition) is 0. The monoisotopic (exact) mass is 477 g/mol. The zero-order chi connectivity index (χ0) is 24.4. The zero-order valence-electron chi connectivity index (χ0n) is 19.6. The fourth-order valence-electron chi connectivity index (χ4n) is 4.29. The summed E-state index contributed by atoms with van der Waals surface area (Å²) in [5, 5.41) is 1.43. The van der Waals surface area contributed by atoms with Crippen molar-refractivity contribution in [2.24, 2.45) is 0 Å². The molecule has 0 spiro atoms. The van der Waals surface area contributed by atoms with Crippen LogP contribution < -0.4 is 4.74 Å². The van der Waals surface area contributed by atoms with Crippen molar-refractivity contribution in [3.05, 3.63) is 130 Å². The maximum absolute atomic E-state index is 13.4. The standard InChI is InChI=1S/C31H24ClNO2/c1-20-16-21(2)30-27(17-20)28(19-29(33-30)24-10-12-25(32)13-11-24)31(34)35-26-14-8-23(9-15-26)18-22-6-4-3-5-7-22/h3-17,19H,18H2,1-2H3. The predicted molar refractivity (Wildman–Crippen MR) is 142 cm³/mol. The number of carbonyl (C=O) groups excluding carboxylic acids is 1. The van der Waals surface area contributed by atoms with Crippen molar-refractivity contribution in [3.8, 4) is 17.0 Å². The summed E-state index contributed by atoms with van der Waals surface area (Å²) < 4.78 is 5.82. The van der Waals surface area contributed by atoms with Crippen LogP contribution in [0.2, 0.25) is 5.02 Å². The van der Waals surface area contributed by atoms with Gasteiger partial charge in [-0.15, -0.1) is 0 Å². The Labute approximate surface area is 210 Å². The molecule has 0 unspecified atom stereocenters. The molecule has 35 heavy (non-hydrogen) atoms. The highest BCUT2D eigenvalue weighted by Crippen LogP contribution is 2.29. The van der Waals surface area contributed by atoms with E-state index in [2.05, 4.69) is 18.2 Å². The summed E-state index contributed by atoms with van der Waals surface area (Å²) in [6.45, 7) is 4.02. The predicted octanol–water partition coefficient (Wildman–Crippen LogP) is 7.98. The second-order valence-electron chi connectivity index (χ2n) is 8.74. The second-order valence-corrected chi connectivity index (χ2v) is 9.17. The second kappa shape index (κ2) is 9.73. The molecule has 0 saturated heterocycles. The van der Waals surface area contributed by atoms with Gasteiger partial charge >= 0.3 is 5.97 Å². The molecule has 0 atom stereocenters. The average Bonchev–Trinajstić information content (AvgIpc) is 2.86. The maximum atomic E-state index is 13.4. The molecule has 0 saturated carbocycles. The van der Waals surface area contributed by atoms with Gasteiger partial charge in [-0.05, 0) is 73.4 Å². The van der Waals surface area contributed by atoms with E-state index < -0.39 is 5.97 Å². The van der Waals surface area contributed by atoms with Crippen LogP contribution in [-0.2, 0) is 6.42 Å². The summed E-state index contributed by atoms with van der Waals surface area (Å²) in [6.07, 6.45) is 0.826. The Hall–Kier alpha value is -3.95. The first-order valence-electron chi connectivity index (χ1n) is 11.5. The highest BCUT2D eigenvalue weighted by Gasteiger charge is 2.18. The van der Waals surface area contributed by atoms with E-state index in [1.54, 1.807) is 6.07 Å². The Morgan fingerprint density at radius 2 is 1.51 bits per heavy atom. The highest BCUT2D eigenvalue weighted by atomic mass is 35.5. The van der Waals surface area contributed by atoms with Gasteiger partial charge in [0, 0.05) is 16.0 Å². The first-order valence-corrected chi connectivity index (χ1v) is 11.9. The third-order valence-corrected chi connectivity index (χ3v) is 6.25. The van der Waals surface area contributed by atoms with E-state index in [1.807, 2.05) is 86.6 Å². The Morgan fingerprint density at radius 1 is 0.829 bits per heavy atom. The largest absolute Gasteiger partial charge is 0.423 e. The number of esters is 1. The lowest BCUT2D eigenvalue weighted by Gasteiger charge is -2.13. The first kappa shape index (κ1) is 22.8. The third kappa shape index (κ3) is 5.11. The Kier molecular flexibility index (Phi) is 6.35. The minimum Gasteiger partial charge on any atom is -0.423 e. The minimum absolute atomic E-state index is 0.409. The van der Waals surface area contributed by atoms with E-state index >= 15 is 0 Å². The number of aryl methyl sites for hydroxylation is 2. The number of aromatic nitrogens is 1. The van der Waals surface area contributed by atoms with Gasteiger partial charge in [-0.1, -0.05) is 77.8 Å². The molecule has 0 bridgehead atoms. The quantitative estimate of drug-likeness (QED) is 0.190. The minimum atomic E-state index is -0.409. The molecule has 172 valence electrons. The van der Waals surface area contributed by atoms with Crippen LogP contribution in [0, 0.1) is 13.8 Å². The van der Waals surface area contributed by atoms with Gasteiger partial charge in [0.05, 0.1) is 16.8 Å². The topological polar surface area (TPSA) is 39.2 Å². The van der Waals surface area contributed by atoms with Crippen molar-refractivity contribution in [3.63, 3.8) is 0 Å². The summed E-state index contributed by atoms with van der Waals surface area (Å²) in [5.41, 5.74) is 7.32. The van der Waals surface area contributed by atoms with Crippen LogP contribution in [0.5, 0.6) is 5.75 Å². The van der Waals surface area contributed by atoms with Gasteiger partial charge in [-0.3, -0.25) is 0 Å². The Bertz CT molecular complexity index is 1510. The average molecular weight is 478 g/mol. The lowest BCUT2D eigenvalue weighted by atomic mass is 10.00. The smallest absolute Gasteiger partial charge is 0.344 e. The lowest BCUT2D eigenvalue weighted by Crippen LogP contribution is -2.10. The molecule has 3 nitrogen and oxygen atoms in total. The van der Waals surface area contributed by atoms with E-state index in [0.29, 0.717) is 22.0 Å². The molecule has 0 aliphatic rings. The molecular weight excluding hydrogens is 454 g/mol. The van der Waals surface area contributed by atoms with Gasteiger partial charge in [0.1, 0.15) is 5.75 Å². The fraction of sp³-hybridized carbons (Fsp3) is 0.0968. The summed E-state index contributed by atoms with van der Waals surface area (Å²) in [4.78, 5) is 18.3. The number of ether oxygens (including phenoxy) is 1. The molecule has 1 aromatic heterocycles. The fourth-order valence-corrected chi connectivity index (χ4v) is 4.41. The molecule has 1 heterocycles. The van der Waals surface area contributed by atoms with E-state index in [9.17, 15) is 4.79 Å². The molecule has 0 amide bonds. The van der Waals surface area contributed by atoms with Crippen LogP contribution in [-0.4, -0.2) is 11.0 Å². The summed E-state index contributed by atoms with van der Waals surface area (Å²) >= 11 is 6.07. The van der Waals surface area contributed by atoms with Crippen LogP contribution in [0.4, 0.5) is 0 Å². The van der Waals surface area contributed by atoms with E-state index in [0.717, 1.165) is 39.6 Å². The van der Waals surface area contributed by atoms with Gasteiger partial charge in [0.25, 0.3) is 0 Å². The van der Waals surface area contributed by atoms with Gasteiger partial charge in [-0.25, -0.2) is 9.78 Å². The molecule has 0 aliphatic heterocycles. The molecule has 0 N–H and O–H groups in total. The van der Waals surface area contributed by atoms with E-state index in [-0.39, 0.29) is 0 Å².